The molecule has 2 aromatic heterocycles. The Kier molecular flexibility index (Phi) is 4.82. The van der Waals surface area contributed by atoms with Crippen LogP contribution in [0.3, 0.4) is 0 Å². The van der Waals surface area contributed by atoms with Gasteiger partial charge in [-0.25, -0.2) is 0 Å². The van der Waals surface area contributed by atoms with Crippen molar-refractivity contribution < 1.29 is 13.9 Å². The van der Waals surface area contributed by atoms with Gasteiger partial charge in [0.15, 0.2) is 11.1 Å². The number of rotatable bonds is 3. The van der Waals surface area contributed by atoms with Gasteiger partial charge in [0.2, 0.25) is 0 Å². The van der Waals surface area contributed by atoms with Gasteiger partial charge in [-0.3, -0.25) is 9.88 Å². The molecule has 1 aliphatic rings. The van der Waals surface area contributed by atoms with Crippen molar-refractivity contribution in [2.45, 2.75) is 6.54 Å². The number of hydrogen-bond acceptors (Lipinski definition) is 6. The molecular formula is C20H19N3O3. The van der Waals surface area contributed by atoms with Gasteiger partial charge in [-0.05, 0) is 24.1 Å². The van der Waals surface area contributed by atoms with E-state index < -0.39 is 0 Å². The Labute approximate surface area is 151 Å². The van der Waals surface area contributed by atoms with Crippen LogP contribution in [0.4, 0.5) is 0 Å². The second-order valence-corrected chi connectivity index (χ2v) is 6.00. The summed E-state index contributed by atoms with van der Waals surface area (Å²) in [6.07, 6.45) is 3.42. The lowest BCUT2D eigenvalue weighted by Crippen LogP contribution is -2.35. The third kappa shape index (κ3) is 3.54. The second kappa shape index (κ2) is 7.56. The molecular weight excluding hydrogens is 330 g/mol. The van der Waals surface area contributed by atoms with Crippen LogP contribution in [0.5, 0.6) is 5.75 Å². The van der Waals surface area contributed by atoms with E-state index in [0.717, 1.165) is 49.6 Å². The molecule has 0 radical (unpaired) electrons. The largest absolute Gasteiger partial charge is 0.494 e. The molecule has 132 valence electrons. The van der Waals surface area contributed by atoms with Crippen LogP contribution in [0.1, 0.15) is 17.0 Å². The van der Waals surface area contributed by atoms with Crippen molar-refractivity contribution in [1.29, 1.82) is 0 Å². The van der Waals surface area contributed by atoms with Crippen LogP contribution in [0.25, 0.3) is 11.1 Å². The van der Waals surface area contributed by atoms with E-state index in [-0.39, 0.29) is 0 Å². The molecule has 1 saturated heterocycles. The first kappa shape index (κ1) is 16.6. The summed E-state index contributed by atoms with van der Waals surface area (Å²) in [5.41, 5.74) is 3.32. The van der Waals surface area contributed by atoms with Crippen LogP contribution < -0.4 is 4.74 Å². The van der Waals surface area contributed by atoms with Gasteiger partial charge in [-0.2, -0.15) is 4.98 Å². The maximum absolute atomic E-state index is 5.96. The first-order chi connectivity index (χ1) is 12.8. The zero-order valence-electron chi connectivity index (χ0n) is 14.6. The van der Waals surface area contributed by atoms with E-state index in [9.17, 15) is 0 Å². The number of ether oxygens (including phenoxy) is 2. The zero-order chi connectivity index (χ0) is 17.8. The molecule has 0 bridgehead atoms. The van der Waals surface area contributed by atoms with Crippen LogP contribution in [0, 0.1) is 11.8 Å². The molecule has 6 nitrogen and oxygen atoms in total. The molecule has 3 aromatic rings. The van der Waals surface area contributed by atoms with Crippen molar-refractivity contribution in [2.24, 2.45) is 0 Å². The van der Waals surface area contributed by atoms with Gasteiger partial charge in [0.05, 0.1) is 20.3 Å². The number of pyridine rings is 1. The Morgan fingerprint density at radius 2 is 2.08 bits per heavy atom. The zero-order valence-corrected chi connectivity index (χ0v) is 14.6. The molecule has 0 unspecified atom stereocenters. The average molecular weight is 349 g/mol. The van der Waals surface area contributed by atoms with Gasteiger partial charge in [0.25, 0.3) is 5.89 Å². The maximum Gasteiger partial charge on any atom is 0.274 e. The highest BCUT2D eigenvalue weighted by Crippen LogP contribution is 2.29. The van der Waals surface area contributed by atoms with E-state index in [1.54, 1.807) is 19.5 Å². The summed E-state index contributed by atoms with van der Waals surface area (Å²) in [7, 11) is 1.63. The summed E-state index contributed by atoms with van der Waals surface area (Å²) < 4.78 is 16.8. The smallest absolute Gasteiger partial charge is 0.274 e. The average Bonchev–Trinajstić information content (AvgIpc) is 3.13. The summed E-state index contributed by atoms with van der Waals surface area (Å²) in [5.74, 6) is 7.06. The predicted molar refractivity (Wildman–Crippen MR) is 96.9 cm³/mol. The molecule has 6 heteroatoms. The Hall–Kier alpha value is -2.88. The quantitative estimate of drug-likeness (QED) is 0.677. The molecule has 26 heavy (non-hydrogen) atoms. The maximum atomic E-state index is 5.96. The minimum Gasteiger partial charge on any atom is -0.494 e. The molecule has 0 aliphatic carbocycles. The molecule has 3 heterocycles. The third-order valence-corrected chi connectivity index (χ3v) is 4.28. The number of aromatic nitrogens is 2. The predicted octanol–water partition coefficient (Wildman–Crippen LogP) is 2.46. The molecule has 4 rings (SSSR count). The fourth-order valence-electron chi connectivity index (χ4n) is 2.94. The van der Waals surface area contributed by atoms with E-state index in [1.165, 1.54) is 0 Å². The molecule has 0 spiro atoms. The van der Waals surface area contributed by atoms with Crippen LogP contribution >= 0.6 is 0 Å². The monoisotopic (exact) mass is 349 g/mol. The topological polar surface area (TPSA) is 60.6 Å². The minimum atomic E-state index is 0.372. The summed E-state index contributed by atoms with van der Waals surface area (Å²) in [6.45, 7) is 4.13. The fourth-order valence-corrected chi connectivity index (χ4v) is 2.94. The highest BCUT2D eigenvalue weighted by atomic mass is 16.5. The molecule has 0 amide bonds. The van der Waals surface area contributed by atoms with Crippen LogP contribution in [0.15, 0.2) is 41.1 Å². The van der Waals surface area contributed by atoms with E-state index in [1.807, 2.05) is 24.3 Å². The molecule has 0 N–H and O–H groups in total. The van der Waals surface area contributed by atoms with Gasteiger partial charge >= 0.3 is 0 Å². The second-order valence-electron chi connectivity index (χ2n) is 6.00. The summed E-state index contributed by atoms with van der Waals surface area (Å²) in [6, 6.07) is 7.70. The summed E-state index contributed by atoms with van der Waals surface area (Å²) in [4.78, 5) is 10.9. The first-order valence-corrected chi connectivity index (χ1v) is 8.52. The number of hydrogen-bond donors (Lipinski definition) is 0. The number of morpholine rings is 1. The summed E-state index contributed by atoms with van der Waals surface area (Å²) in [5, 5.41) is 0. The van der Waals surface area contributed by atoms with Crippen molar-refractivity contribution in [3.63, 3.8) is 0 Å². The third-order valence-electron chi connectivity index (χ3n) is 4.28. The number of fused-ring (bicyclic) bond motifs is 1. The van der Waals surface area contributed by atoms with Crippen molar-refractivity contribution in [1.82, 2.24) is 14.9 Å². The lowest BCUT2D eigenvalue weighted by Gasteiger charge is -2.26. The standard InChI is InChI=1S/C20H19N3O3/c1-24-17-6-5-16(14-23-9-11-25-12-10-23)20-19(17)22-18(26-20)7-4-15-3-2-8-21-13-15/h2-3,5-6,8,13H,9-12,14H2,1H3. The van der Waals surface area contributed by atoms with Crippen molar-refractivity contribution in [3.05, 3.63) is 53.7 Å². The van der Waals surface area contributed by atoms with Crippen LogP contribution in [-0.4, -0.2) is 48.3 Å². The van der Waals surface area contributed by atoms with E-state index >= 15 is 0 Å². The van der Waals surface area contributed by atoms with Gasteiger partial charge in [0, 0.05) is 43.2 Å². The molecule has 0 atom stereocenters. The SMILES string of the molecule is COc1ccc(CN2CCOCC2)c2oc(C#Cc3cccnc3)nc12. The number of nitrogens with zero attached hydrogens (tertiary/aromatic N) is 3. The molecule has 1 fully saturated rings. The van der Waals surface area contributed by atoms with Gasteiger partial charge in [0.1, 0.15) is 5.75 Å². The van der Waals surface area contributed by atoms with Crippen LogP contribution in [0.2, 0.25) is 0 Å². The molecule has 1 aromatic carbocycles. The van der Waals surface area contributed by atoms with Crippen LogP contribution in [-0.2, 0) is 11.3 Å². The Bertz CT molecular complexity index is 951. The normalized spacial score (nSPS) is 14.8. The lowest BCUT2D eigenvalue weighted by molar-refractivity contribution is 0.0342. The minimum absolute atomic E-state index is 0.372. The van der Waals surface area contributed by atoms with Crippen molar-refractivity contribution in [3.8, 4) is 17.6 Å². The molecule has 1 aliphatic heterocycles. The number of methoxy groups -OCH3 is 1. The lowest BCUT2D eigenvalue weighted by atomic mass is 10.1. The first-order valence-electron chi connectivity index (χ1n) is 8.52. The van der Waals surface area contributed by atoms with E-state index in [2.05, 4.69) is 26.7 Å². The number of benzene rings is 1. The van der Waals surface area contributed by atoms with Gasteiger partial charge in [-0.1, -0.05) is 12.0 Å². The Morgan fingerprint density at radius 1 is 1.19 bits per heavy atom. The highest BCUT2D eigenvalue weighted by molar-refractivity contribution is 5.83. The van der Waals surface area contributed by atoms with Crippen molar-refractivity contribution >= 4 is 11.1 Å². The van der Waals surface area contributed by atoms with Crippen molar-refractivity contribution in [2.75, 3.05) is 33.4 Å². The van der Waals surface area contributed by atoms with Gasteiger partial charge in [-0.15, -0.1) is 0 Å². The fraction of sp³-hybridized carbons (Fsp3) is 0.300. The number of oxazole rings is 1. The Morgan fingerprint density at radius 3 is 2.85 bits per heavy atom. The highest BCUT2D eigenvalue weighted by Gasteiger charge is 2.17. The summed E-state index contributed by atoms with van der Waals surface area (Å²) >= 11 is 0. The Balaban J connectivity index is 1.68. The van der Waals surface area contributed by atoms with Gasteiger partial charge < -0.3 is 13.9 Å². The van der Waals surface area contributed by atoms with E-state index in [0.29, 0.717) is 17.2 Å². The molecule has 0 saturated carbocycles. The van der Waals surface area contributed by atoms with E-state index in [4.69, 9.17) is 13.9 Å².